The van der Waals surface area contributed by atoms with Crippen LogP contribution in [0.25, 0.3) is 0 Å². The molecule has 1 fully saturated rings. The minimum absolute atomic E-state index is 0.0389. The van der Waals surface area contributed by atoms with E-state index in [2.05, 4.69) is 15.6 Å². The summed E-state index contributed by atoms with van der Waals surface area (Å²) < 4.78 is 4.91. The number of halogens is 2. The Hall–Kier alpha value is -2.51. The first-order chi connectivity index (χ1) is 12.4. The molecule has 0 saturated heterocycles. The highest BCUT2D eigenvalue weighted by Crippen LogP contribution is 2.23. The summed E-state index contributed by atoms with van der Waals surface area (Å²) in [7, 11) is 0. The Kier molecular flexibility index (Phi) is 5.49. The van der Waals surface area contributed by atoms with E-state index in [0.29, 0.717) is 11.3 Å². The molecule has 0 spiro atoms. The summed E-state index contributed by atoms with van der Waals surface area (Å²) in [5, 5.41) is 5.72. The van der Waals surface area contributed by atoms with Gasteiger partial charge in [-0.1, -0.05) is 35.3 Å². The van der Waals surface area contributed by atoms with Gasteiger partial charge >= 0.3 is 5.97 Å². The number of nitrogens with one attached hydrogen (secondary N) is 3. The van der Waals surface area contributed by atoms with Crippen LogP contribution in [0.2, 0.25) is 10.2 Å². The maximum absolute atomic E-state index is 12.2. The number of hydrogen-bond donors (Lipinski definition) is 3. The molecular formula is C17H15Cl2N3O4. The van der Waals surface area contributed by atoms with E-state index < -0.39 is 18.5 Å². The highest BCUT2D eigenvalue weighted by Gasteiger charge is 2.25. The van der Waals surface area contributed by atoms with Crippen LogP contribution in [0.5, 0.6) is 0 Å². The topological polar surface area (TPSA) is 100 Å². The van der Waals surface area contributed by atoms with Crippen molar-refractivity contribution in [1.29, 1.82) is 0 Å². The fraction of sp³-hybridized carbons (Fsp3) is 0.235. The smallest absolute Gasteiger partial charge is 0.355 e. The van der Waals surface area contributed by atoms with E-state index >= 15 is 0 Å². The molecular weight excluding hydrogens is 381 g/mol. The Morgan fingerprint density at radius 3 is 2.58 bits per heavy atom. The fourth-order valence-electron chi connectivity index (χ4n) is 2.19. The van der Waals surface area contributed by atoms with E-state index in [-0.39, 0.29) is 27.8 Å². The van der Waals surface area contributed by atoms with E-state index in [0.717, 1.165) is 12.8 Å². The molecule has 1 aromatic carbocycles. The first kappa shape index (κ1) is 18.3. The third-order valence-corrected chi connectivity index (χ3v) is 4.33. The number of rotatable bonds is 6. The summed E-state index contributed by atoms with van der Waals surface area (Å²) in [4.78, 5) is 38.6. The van der Waals surface area contributed by atoms with Crippen LogP contribution in [0.4, 0.5) is 5.69 Å². The lowest BCUT2D eigenvalue weighted by atomic mass is 10.1. The summed E-state index contributed by atoms with van der Waals surface area (Å²) in [5.74, 6) is -1.60. The molecule has 0 aliphatic heterocycles. The van der Waals surface area contributed by atoms with Crippen LogP contribution in [0.15, 0.2) is 30.3 Å². The lowest BCUT2D eigenvalue weighted by Crippen LogP contribution is -2.28. The normalized spacial score (nSPS) is 13.2. The van der Waals surface area contributed by atoms with Crippen molar-refractivity contribution in [2.75, 3.05) is 11.9 Å². The predicted molar refractivity (Wildman–Crippen MR) is 96.7 cm³/mol. The minimum Gasteiger partial charge on any atom is -0.451 e. The summed E-state index contributed by atoms with van der Waals surface area (Å²) in [6.07, 6.45) is 1.92. The highest BCUT2D eigenvalue weighted by atomic mass is 35.5. The van der Waals surface area contributed by atoms with E-state index in [1.807, 2.05) is 0 Å². The quantitative estimate of drug-likeness (QED) is 0.654. The molecule has 136 valence electrons. The van der Waals surface area contributed by atoms with E-state index in [1.165, 1.54) is 6.07 Å². The maximum Gasteiger partial charge on any atom is 0.355 e. The van der Waals surface area contributed by atoms with Crippen molar-refractivity contribution in [2.45, 2.75) is 18.9 Å². The van der Waals surface area contributed by atoms with Gasteiger partial charge in [0.25, 0.3) is 11.8 Å². The van der Waals surface area contributed by atoms with Crippen molar-refractivity contribution in [2.24, 2.45) is 0 Å². The largest absolute Gasteiger partial charge is 0.451 e. The molecule has 0 bridgehead atoms. The second-order valence-corrected chi connectivity index (χ2v) is 6.55. The Labute approximate surface area is 159 Å². The number of aromatic nitrogens is 1. The van der Waals surface area contributed by atoms with Crippen LogP contribution in [0.3, 0.4) is 0 Å². The molecule has 1 heterocycles. The molecule has 3 rings (SSSR count). The number of para-hydroxylation sites is 1. The summed E-state index contributed by atoms with van der Waals surface area (Å²) >= 11 is 11.5. The third-order valence-electron chi connectivity index (χ3n) is 3.64. The van der Waals surface area contributed by atoms with Crippen LogP contribution in [-0.2, 0) is 9.53 Å². The van der Waals surface area contributed by atoms with Crippen molar-refractivity contribution < 1.29 is 19.1 Å². The van der Waals surface area contributed by atoms with Gasteiger partial charge in [-0.15, -0.1) is 0 Å². The number of anilines is 1. The Balaban J connectivity index is 1.58. The van der Waals surface area contributed by atoms with Gasteiger partial charge in [-0.25, -0.2) is 4.79 Å². The molecule has 7 nitrogen and oxygen atoms in total. The summed E-state index contributed by atoms with van der Waals surface area (Å²) in [5.41, 5.74) is 0.733. The molecule has 2 amide bonds. The van der Waals surface area contributed by atoms with Gasteiger partial charge in [0.05, 0.1) is 16.3 Å². The van der Waals surface area contributed by atoms with Crippen LogP contribution in [0.1, 0.15) is 33.7 Å². The van der Waals surface area contributed by atoms with Gasteiger partial charge in [-0.2, -0.15) is 0 Å². The molecule has 3 N–H and O–H groups in total. The van der Waals surface area contributed by atoms with Gasteiger partial charge in [0.2, 0.25) is 0 Å². The number of carbonyl (C=O) groups excluding carboxylic acids is 3. The monoisotopic (exact) mass is 395 g/mol. The molecule has 1 aliphatic carbocycles. The van der Waals surface area contributed by atoms with E-state index in [9.17, 15) is 14.4 Å². The molecule has 26 heavy (non-hydrogen) atoms. The molecule has 0 radical (unpaired) electrons. The van der Waals surface area contributed by atoms with Gasteiger partial charge < -0.3 is 20.4 Å². The Bertz CT molecular complexity index is 842. The number of ether oxygens (including phenoxy) is 1. The first-order valence-corrected chi connectivity index (χ1v) is 8.60. The van der Waals surface area contributed by atoms with Crippen molar-refractivity contribution in [3.63, 3.8) is 0 Å². The van der Waals surface area contributed by atoms with Gasteiger partial charge in [0.15, 0.2) is 6.61 Å². The van der Waals surface area contributed by atoms with Crippen molar-refractivity contribution in [3.8, 4) is 0 Å². The molecule has 2 aromatic rings. The standard InChI is InChI=1S/C17H15Cl2N3O4/c18-11-7-13(22-15(11)19)17(25)26-8-14(23)21-12-4-2-1-3-10(12)16(24)20-9-5-6-9/h1-4,7,9,22H,5-6,8H2,(H,20,24)(H,21,23). The van der Waals surface area contributed by atoms with E-state index in [4.69, 9.17) is 27.9 Å². The SMILES string of the molecule is O=C(COC(=O)c1cc(Cl)c(Cl)[nH]1)Nc1ccccc1C(=O)NC1CC1. The number of carbonyl (C=O) groups is 3. The minimum atomic E-state index is -0.770. The number of H-pyrrole nitrogens is 1. The van der Waals surface area contributed by atoms with Crippen LogP contribution < -0.4 is 10.6 Å². The first-order valence-electron chi connectivity index (χ1n) is 7.85. The Morgan fingerprint density at radius 1 is 1.19 bits per heavy atom. The molecule has 1 aliphatic rings. The van der Waals surface area contributed by atoms with Gasteiger partial charge in [0.1, 0.15) is 10.8 Å². The molecule has 1 saturated carbocycles. The van der Waals surface area contributed by atoms with Gasteiger partial charge in [-0.05, 0) is 31.0 Å². The number of hydrogen-bond acceptors (Lipinski definition) is 4. The highest BCUT2D eigenvalue weighted by molar-refractivity contribution is 6.41. The number of benzene rings is 1. The number of amides is 2. The Morgan fingerprint density at radius 2 is 1.92 bits per heavy atom. The molecule has 1 aromatic heterocycles. The van der Waals surface area contributed by atoms with Crippen LogP contribution in [0, 0.1) is 0 Å². The average molecular weight is 396 g/mol. The van der Waals surface area contributed by atoms with Crippen LogP contribution >= 0.6 is 23.2 Å². The zero-order valence-corrected chi connectivity index (χ0v) is 15.0. The number of esters is 1. The second kappa shape index (κ2) is 7.80. The molecule has 0 atom stereocenters. The van der Waals surface area contributed by atoms with Gasteiger partial charge in [-0.3, -0.25) is 9.59 Å². The molecule has 0 unspecified atom stereocenters. The van der Waals surface area contributed by atoms with E-state index in [1.54, 1.807) is 24.3 Å². The second-order valence-electron chi connectivity index (χ2n) is 5.76. The van der Waals surface area contributed by atoms with Crippen molar-refractivity contribution >= 4 is 46.7 Å². The van der Waals surface area contributed by atoms with Gasteiger partial charge in [0, 0.05) is 6.04 Å². The average Bonchev–Trinajstić information content (AvgIpc) is 3.36. The molecule has 9 heteroatoms. The lowest BCUT2D eigenvalue weighted by Gasteiger charge is -2.11. The van der Waals surface area contributed by atoms with Crippen molar-refractivity contribution in [3.05, 3.63) is 51.8 Å². The maximum atomic E-state index is 12.2. The van der Waals surface area contributed by atoms with Crippen molar-refractivity contribution in [1.82, 2.24) is 10.3 Å². The third kappa shape index (κ3) is 4.56. The summed E-state index contributed by atoms with van der Waals surface area (Å²) in [6, 6.07) is 8.12. The van der Waals surface area contributed by atoms with Crippen LogP contribution in [-0.4, -0.2) is 35.4 Å². The predicted octanol–water partition coefficient (Wildman–Crippen LogP) is 3.01. The zero-order valence-electron chi connectivity index (χ0n) is 13.5. The lowest BCUT2D eigenvalue weighted by molar-refractivity contribution is -0.119. The number of aromatic amines is 1. The fourth-order valence-corrected chi connectivity index (χ4v) is 2.50. The zero-order chi connectivity index (χ0) is 18.7. The summed E-state index contributed by atoms with van der Waals surface area (Å²) in [6.45, 7) is -0.522.